The van der Waals surface area contributed by atoms with Crippen LogP contribution in [-0.2, 0) is 12.8 Å². The molecule has 0 bridgehead atoms. The minimum absolute atomic E-state index is 0.262. The van der Waals surface area contributed by atoms with Gasteiger partial charge in [0.15, 0.2) is 0 Å². The van der Waals surface area contributed by atoms with E-state index < -0.39 is 0 Å². The lowest BCUT2D eigenvalue weighted by molar-refractivity contribution is 0.196. The summed E-state index contributed by atoms with van der Waals surface area (Å²) in [7, 11) is 0. The quantitative estimate of drug-likeness (QED) is 0.874. The van der Waals surface area contributed by atoms with E-state index in [9.17, 15) is 5.11 Å². The molecule has 1 fully saturated rings. The second kappa shape index (κ2) is 5.94. The topological polar surface area (TPSA) is 36.4 Å². The Balaban J connectivity index is 1.92. The zero-order chi connectivity index (χ0) is 12.3. The summed E-state index contributed by atoms with van der Waals surface area (Å²) < 4.78 is 0. The molecule has 17 heavy (non-hydrogen) atoms. The van der Waals surface area contributed by atoms with Crippen LogP contribution >= 0.6 is 11.3 Å². The largest absolute Gasteiger partial charge is 0.393 e. The molecule has 4 heteroatoms. The molecule has 1 N–H and O–H groups in total. The highest BCUT2D eigenvalue weighted by Gasteiger charge is 2.24. The molecule has 1 saturated heterocycles. The highest BCUT2D eigenvalue weighted by molar-refractivity contribution is 7.11. The highest BCUT2D eigenvalue weighted by atomic mass is 32.1. The summed E-state index contributed by atoms with van der Waals surface area (Å²) in [5, 5.41) is 10.6. The molecule has 1 aliphatic heterocycles. The number of likely N-dealkylation sites (tertiary alicyclic amines) is 1. The number of likely N-dealkylation sites (N-methyl/N-ethyl adjacent to an activating group) is 1. The molecule has 2 heterocycles. The van der Waals surface area contributed by atoms with Crippen molar-refractivity contribution in [2.45, 2.75) is 51.7 Å². The summed E-state index contributed by atoms with van der Waals surface area (Å²) in [5.41, 5.74) is 0. The van der Waals surface area contributed by atoms with Crippen LogP contribution < -0.4 is 0 Å². The number of hydrogen-bond donors (Lipinski definition) is 1. The molecule has 1 aromatic rings. The normalized spacial score (nSPS) is 23.1. The van der Waals surface area contributed by atoms with Gasteiger partial charge in [-0.2, -0.15) is 0 Å². The van der Waals surface area contributed by atoms with Gasteiger partial charge in [0.25, 0.3) is 0 Å². The molecular weight excluding hydrogens is 232 g/mol. The van der Waals surface area contributed by atoms with Crippen LogP contribution in [0.5, 0.6) is 0 Å². The highest BCUT2D eigenvalue weighted by Crippen LogP contribution is 2.23. The van der Waals surface area contributed by atoms with Crippen molar-refractivity contribution in [3.63, 3.8) is 0 Å². The standard InChI is InChI=1S/C13H22N2OS/c1-3-15-6-4-5-11(15)8-13-14-9-12(17-13)7-10(2)16/h9-11,16H,3-8H2,1-2H3. The molecule has 2 unspecified atom stereocenters. The summed E-state index contributed by atoms with van der Waals surface area (Å²) in [6, 6.07) is 0.686. The van der Waals surface area contributed by atoms with Crippen molar-refractivity contribution in [3.8, 4) is 0 Å². The Bertz CT molecular complexity index is 351. The van der Waals surface area contributed by atoms with E-state index in [1.165, 1.54) is 29.3 Å². The Hall–Kier alpha value is -0.450. The van der Waals surface area contributed by atoms with Crippen LogP contribution in [0.2, 0.25) is 0 Å². The fourth-order valence-electron chi connectivity index (χ4n) is 2.57. The first-order chi connectivity index (χ1) is 8.19. The van der Waals surface area contributed by atoms with Gasteiger partial charge < -0.3 is 10.0 Å². The lowest BCUT2D eigenvalue weighted by Gasteiger charge is -2.21. The molecule has 1 aliphatic rings. The smallest absolute Gasteiger partial charge is 0.0943 e. The molecule has 0 amide bonds. The summed E-state index contributed by atoms with van der Waals surface area (Å²) in [4.78, 5) is 8.24. The average molecular weight is 254 g/mol. The number of hydrogen-bond acceptors (Lipinski definition) is 4. The fraction of sp³-hybridized carbons (Fsp3) is 0.769. The first kappa shape index (κ1) is 13.0. The first-order valence-corrected chi connectivity index (χ1v) is 7.36. The van der Waals surface area contributed by atoms with Crippen molar-refractivity contribution < 1.29 is 5.11 Å². The summed E-state index contributed by atoms with van der Waals surface area (Å²) in [6.07, 6.45) is 6.11. The zero-order valence-electron chi connectivity index (χ0n) is 10.7. The van der Waals surface area contributed by atoms with Crippen LogP contribution in [0.3, 0.4) is 0 Å². The molecule has 96 valence electrons. The fourth-order valence-corrected chi connectivity index (χ4v) is 3.69. The Morgan fingerprint density at radius 1 is 1.65 bits per heavy atom. The Morgan fingerprint density at radius 2 is 2.47 bits per heavy atom. The lowest BCUT2D eigenvalue weighted by Crippen LogP contribution is -2.30. The molecule has 0 aliphatic carbocycles. The van der Waals surface area contributed by atoms with Gasteiger partial charge in [0.2, 0.25) is 0 Å². The first-order valence-electron chi connectivity index (χ1n) is 6.54. The zero-order valence-corrected chi connectivity index (χ0v) is 11.5. The van der Waals surface area contributed by atoms with Crippen LogP contribution in [-0.4, -0.2) is 40.2 Å². The molecule has 2 rings (SSSR count). The Labute approximate surface area is 107 Å². The predicted molar refractivity (Wildman–Crippen MR) is 71.5 cm³/mol. The molecule has 1 aromatic heterocycles. The van der Waals surface area contributed by atoms with Gasteiger partial charge in [-0.25, -0.2) is 4.98 Å². The lowest BCUT2D eigenvalue weighted by atomic mass is 10.1. The minimum atomic E-state index is -0.262. The number of nitrogens with zero attached hydrogens (tertiary/aromatic N) is 2. The maximum atomic E-state index is 9.35. The van der Waals surface area contributed by atoms with Crippen LogP contribution in [0.15, 0.2) is 6.20 Å². The molecule has 0 aromatic carbocycles. The third-order valence-corrected chi connectivity index (χ3v) is 4.46. The Kier molecular flexibility index (Phi) is 4.54. The van der Waals surface area contributed by atoms with E-state index in [1.807, 2.05) is 13.1 Å². The number of aromatic nitrogens is 1. The van der Waals surface area contributed by atoms with Gasteiger partial charge in [0.05, 0.1) is 11.1 Å². The van der Waals surface area contributed by atoms with Gasteiger partial charge in [-0.1, -0.05) is 6.92 Å². The summed E-state index contributed by atoms with van der Waals surface area (Å²) in [5.74, 6) is 0. The third kappa shape index (κ3) is 3.50. The summed E-state index contributed by atoms with van der Waals surface area (Å²) in [6.45, 7) is 6.46. The minimum Gasteiger partial charge on any atom is -0.393 e. The maximum Gasteiger partial charge on any atom is 0.0943 e. The summed E-state index contributed by atoms with van der Waals surface area (Å²) >= 11 is 1.76. The predicted octanol–water partition coefficient (Wildman–Crippen LogP) is 2.09. The van der Waals surface area contributed by atoms with Gasteiger partial charge in [0, 0.05) is 30.0 Å². The van der Waals surface area contributed by atoms with E-state index in [1.54, 1.807) is 11.3 Å². The van der Waals surface area contributed by atoms with E-state index >= 15 is 0 Å². The number of aliphatic hydroxyl groups excluding tert-OH is 1. The van der Waals surface area contributed by atoms with E-state index in [4.69, 9.17) is 0 Å². The van der Waals surface area contributed by atoms with Crippen molar-refractivity contribution in [2.75, 3.05) is 13.1 Å². The van der Waals surface area contributed by atoms with E-state index in [2.05, 4.69) is 16.8 Å². The van der Waals surface area contributed by atoms with Crippen molar-refractivity contribution in [1.82, 2.24) is 9.88 Å². The number of aliphatic hydroxyl groups is 1. The van der Waals surface area contributed by atoms with Crippen LogP contribution in [0.4, 0.5) is 0 Å². The molecule has 0 radical (unpaired) electrons. The SMILES string of the molecule is CCN1CCCC1Cc1ncc(CC(C)O)s1. The van der Waals surface area contributed by atoms with Crippen LogP contribution in [0, 0.1) is 0 Å². The van der Waals surface area contributed by atoms with Crippen molar-refractivity contribution in [2.24, 2.45) is 0 Å². The third-order valence-electron chi connectivity index (χ3n) is 3.41. The molecule has 2 atom stereocenters. The van der Waals surface area contributed by atoms with Crippen molar-refractivity contribution in [3.05, 3.63) is 16.1 Å². The van der Waals surface area contributed by atoms with Crippen molar-refractivity contribution in [1.29, 1.82) is 0 Å². The number of thiazole rings is 1. The van der Waals surface area contributed by atoms with E-state index in [-0.39, 0.29) is 6.10 Å². The second-order valence-electron chi connectivity index (χ2n) is 4.90. The maximum absolute atomic E-state index is 9.35. The monoisotopic (exact) mass is 254 g/mol. The van der Waals surface area contributed by atoms with Gasteiger partial charge in [-0.15, -0.1) is 11.3 Å². The average Bonchev–Trinajstić information content (AvgIpc) is 2.87. The van der Waals surface area contributed by atoms with Crippen molar-refractivity contribution >= 4 is 11.3 Å². The Morgan fingerprint density at radius 3 is 3.18 bits per heavy atom. The van der Waals surface area contributed by atoms with Gasteiger partial charge in [0.1, 0.15) is 0 Å². The second-order valence-corrected chi connectivity index (χ2v) is 6.10. The van der Waals surface area contributed by atoms with Gasteiger partial charge in [-0.05, 0) is 32.9 Å². The molecule has 0 spiro atoms. The molecule has 0 saturated carbocycles. The van der Waals surface area contributed by atoms with Crippen LogP contribution in [0.25, 0.3) is 0 Å². The van der Waals surface area contributed by atoms with Gasteiger partial charge >= 0.3 is 0 Å². The van der Waals surface area contributed by atoms with E-state index in [0.717, 1.165) is 19.4 Å². The number of rotatable bonds is 5. The molecule has 3 nitrogen and oxygen atoms in total. The van der Waals surface area contributed by atoms with Gasteiger partial charge in [-0.3, -0.25) is 0 Å². The van der Waals surface area contributed by atoms with Crippen LogP contribution in [0.1, 0.15) is 36.6 Å². The van der Waals surface area contributed by atoms with E-state index in [0.29, 0.717) is 6.04 Å². The molecular formula is C13H22N2OS.